The van der Waals surface area contributed by atoms with E-state index in [-0.39, 0.29) is 6.61 Å². The average Bonchev–Trinajstić information content (AvgIpc) is 2.38. The summed E-state index contributed by atoms with van der Waals surface area (Å²) in [5, 5.41) is 11.6. The number of benzene rings is 2. The molecular weight excluding hydrogens is 228 g/mol. The maximum absolute atomic E-state index is 8.96. The van der Waals surface area contributed by atoms with E-state index in [1.165, 1.54) is 15.7 Å². The second-order valence-electron chi connectivity index (χ2n) is 4.43. The molecule has 2 aromatic carbocycles. The molecule has 0 spiro atoms. The summed E-state index contributed by atoms with van der Waals surface area (Å²) in [6, 6.07) is 15.0. The van der Waals surface area contributed by atoms with Gasteiger partial charge in [0.25, 0.3) is 0 Å². The Morgan fingerprint density at radius 1 is 1.12 bits per heavy atom. The normalized spacial score (nSPS) is 12.8. The molecule has 2 heteroatoms. The quantitative estimate of drug-likeness (QED) is 0.806. The molecule has 0 aliphatic carbocycles. The van der Waals surface area contributed by atoms with Crippen LogP contribution >= 0.6 is 11.8 Å². The summed E-state index contributed by atoms with van der Waals surface area (Å²) < 4.78 is 0. The molecule has 0 aliphatic rings. The average molecular weight is 246 g/mol. The minimum atomic E-state index is 0.290. The highest BCUT2D eigenvalue weighted by Gasteiger charge is 2.01. The standard InChI is InChI=1S/C15H18OS/c1-12(11-16)8-9-17-15-7-6-13-4-2-3-5-14(13)10-15/h2-7,10,12,16H,8-9,11H2,1H3. The number of thioether (sulfide) groups is 1. The molecule has 17 heavy (non-hydrogen) atoms. The molecule has 0 radical (unpaired) electrons. The minimum Gasteiger partial charge on any atom is -0.396 e. The highest BCUT2D eigenvalue weighted by atomic mass is 32.2. The van der Waals surface area contributed by atoms with Gasteiger partial charge >= 0.3 is 0 Å². The summed E-state index contributed by atoms with van der Waals surface area (Å²) in [5.74, 6) is 1.48. The van der Waals surface area contributed by atoms with Crippen LogP contribution in [0.2, 0.25) is 0 Å². The zero-order chi connectivity index (χ0) is 12.1. The van der Waals surface area contributed by atoms with Gasteiger partial charge in [0.1, 0.15) is 0 Å². The lowest BCUT2D eigenvalue weighted by molar-refractivity contribution is 0.235. The van der Waals surface area contributed by atoms with Crippen molar-refractivity contribution in [1.29, 1.82) is 0 Å². The Kier molecular flexibility index (Phi) is 4.46. The van der Waals surface area contributed by atoms with Gasteiger partial charge in [-0.25, -0.2) is 0 Å². The zero-order valence-corrected chi connectivity index (χ0v) is 10.9. The predicted molar refractivity (Wildman–Crippen MR) is 75.5 cm³/mol. The zero-order valence-electron chi connectivity index (χ0n) is 10.1. The molecule has 0 bridgehead atoms. The van der Waals surface area contributed by atoms with Crippen LogP contribution in [0.1, 0.15) is 13.3 Å². The maximum atomic E-state index is 8.96. The molecule has 1 unspecified atom stereocenters. The van der Waals surface area contributed by atoms with Gasteiger partial charge in [-0.2, -0.15) is 0 Å². The van der Waals surface area contributed by atoms with Crippen molar-refractivity contribution in [1.82, 2.24) is 0 Å². The molecule has 0 fully saturated rings. The third-order valence-electron chi connectivity index (χ3n) is 2.91. The van der Waals surface area contributed by atoms with Crippen LogP contribution in [0.15, 0.2) is 47.4 Å². The first-order valence-electron chi connectivity index (χ1n) is 6.02. The Morgan fingerprint density at radius 2 is 1.88 bits per heavy atom. The first-order chi connectivity index (χ1) is 8.29. The van der Waals surface area contributed by atoms with Crippen molar-refractivity contribution in [3.05, 3.63) is 42.5 Å². The van der Waals surface area contributed by atoms with Crippen molar-refractivity contribution < 1.29 is 5.11 Å². The van der Waals surface area contributed by atoms with Crippen molar-refractivity contribution in [3.63, 3.8) is 0 Å². The SMILES string of the molecule is CC(CO)CCSc1ccc2ccccc2c1. The summed E-state index contributed by atoms with van der Waals surface area (Å²) in [5.41, 5.74) is 0. The fraction of sp³-hybridized carbons (Fsp3) is 0.333. The lowest BCUT2D eigenvalue weighted by Crippen LogP contribution is -2.01. The summed E-state index contributed by atoms with van der Waals surface area (Å²) in [6.45, 7) is 2.37. The number of aliphatic hydroxyl groups excluding tert-OH is 1. The van der Waals surface area contributed by atoms with Gasteiger partial charge in [0.15, 0.2) is 0 Å². The molecule has 2 rings (SSSR count). The van der Waals surface area contributed by atoms with E-state index in [4.69, 9.17) is 5.11 Å². The van der Waals surface area contributed by atoms with Crippen molar-refractivity contribution in [3.8, 4) is 0 Å². The Labute approximate surface area is 107 Å². The van der Waals surface area contributed by atoms with E-state index in [1.54, 1.807) is 0 Å². The van der Waals surface area contributed by atoms with Crippen LogP contribution in [0.5, 0.6) is 0 Å². The maximum Gasteiger partial charge on any atom is 0.0456 e. The van der Waals surface area contributed by atoms with Crippen LogP contribution in [0, 0.1) is 5.92 Å². The summed E-state index contributed by atoms with van der Waals surface area (Å²) in [7, 11) is 0. The Bertz CT molecular complexity index is 481. The van der Waals surface area contributed by atoms with Crippen LogP contribution in [-0.4, -0.2) is 17.5 Å². The highest BCUT2D eigenvalue weighted by Crippen LogP contribution is 2.24. The van der Waals surface area contributed by atoms with E-state index in [0.29, 0.717) is 5.92 Å². The van der Waals surface area contributed by atoms with E-state index in [0.717, 1.165) is 12.2 Å². The molecule has 1 N–H and O–H groups in total. The van der Waals surface area contributed by atoms with Gasteiger partial charge < -0.3 is 5.11 Å². The van der Waals surface area contributed by atoms with E-state index in [1.807, 2.05) is 11.8 Å². The largest absolute Gasteiger partial charge is 0.396 e. The second-order valence-corrected chi connectivity index (χ2v) is 5.60. The van der Waals surface area contributed by atoms with Crippen LogP contribution in [0.4, 0.5) is 0 Å². The molecule has 0 aromatic heterocycles. The Hall–Kier alpha value is -0.990. The molecule has 1 nitrogen and oxygen atoms in total. The van der Waals surface area contributed by atoms with Gasteiger partial charge in [0.05, 0.1) is 0 Å². The molecule has 1 atom stereocenters. The van der Waals surface area contributed by atoms with E-state index >= 15 is 0 Å². The number of rotatable bonds is 5. The first-order valence-corrected chi connectivity index (χ1v) is 7.00. The first kappa shape index (κ1) is 12.5. The highest BCUT2D eigenvalue weighted by molar-refractivity contribution is 7.99. The molecular formula is C15H18OS. The van der Waals surface area contributed by atoms with Crippen LogP contribution in [0.3, 0.4) is 0 Å². The lowest BCUT2D eigenvalue weighted by Gasteiger charge is -2.07. The number of fused-ring (bicyclic) bond motifs is 1. The second kappa shape index (κ2) is 6.08. The summed E-state index contributed by atoms with van der Waals surface area (Å²) in [6.07, 6.45) is 1.06. The van der Waals surface area contributed by atoms with Crippen molar-refractivity contribution >= 4 is 22.5 Å². The molecule has 0 amide bonds. The molecule has 2 aromatic rings. The lowest BCUT2D eigenvalue weighted by atomic mass is 10.1. The van der Waals surface area contributed by atoms with E-state index < -0.39 is 0 Å². The van der Waals surface area contributed by atoms with Crippen molar-refractivity contribution in [2.75, 3.05) is 12.4 Å². The fourth-order valence-electron chi connectivity index (χ4n) is 1.73. The third kappa shape index (κ3) is 3.48. The monoisotopic (exact) mass is 246 g/mol. The van der Waals surface area contributed by atoms with Gasteiger partial charge in [-0.05, 0) is 41.0 Å². The summed E-state index contributed by atoms with van der Waals surface area (Å²) >= 11 is 1.87. The summed E-state index contributed by atoms with van der Waals surface area (Å²) in [4.78, 5) is 1.31. The number of hydrogen-bond donors (Lipinski definition) is 1. The van der Waals surface area contributed by atoms with Crippen LogP contribution in [0.25, 0.3) is 10.8 Å². The van der Waals surface area contributed by atoms with Crippen molar-refractivity contribution in [2.24, 2.45) is 5.92 Å². The molecule has 0 saturated heterocycles. The molecule has 90 valence electrons. The smallest absolute Gasteiger partial charge is 0.0456 e. The van der Waals surface area contributed by atoms with Crippen LogP contribution < -0.4 is 0 Å². The Balaban J connectivity index is 1.99. The predicted octanol–water partition coefficient (Wildman–Crippen LogP) is 3.95. The topological polar surface area (TPSA) is 20.2 Å². The van der Waals surface area contributed by atoms with Crippen LogP contribution in [-0.2, 0) is 0 Å². The van der Waals surface area contributed by atoms with Gasteiger partial charge in [-0.1, -0.05) is 37.3 Å². The third-order valence-corrected chi connectivity index (χ3v) is 3.94. The minimum absolute atomic E-state index is 0.290. The van der Waals surface area contributed by atoms with Gasteiger partial charge in [-0.3, -0.25) is 0 Å². The van der Waals surface area contributed by atoms with Gasteiger partial charge in [-0.15, -0.1) is 11.8 Å². The molecule has 0 aliphatic heterocycles. The fourth-order valence-corrected chi connectivity index (χ4v) is 2.86. The van der Waals surface area contributed by atoms with E-state index in [2.05, 4.69) is 49.4 Å². The van der Waals surface area contributed by atoms with Crippen molar-refractivity contribution in [2.45, 2.75) is 18.2 Å². The number of aliphatic hydroxyl groups is 1. The molecule has 0 heterocycles. The van der Waals surface area contributed by atoms with Gasteiger partial charge in [0, 0.05) is 11.5 Å². The van der Waals surface area contributed by atoms with Gasteiger partial charge in [0.2, 0.25) is 0 Å². The molecule has 0 saturated carbocycles. The Morgan fingerprint density at radius 3 is 2.65 bits per heavy atom. The number of hydrogen-bond acceptors (Lipinski definition) is 2. The van der Waals surface area contributed by atoms with E-state index in [9.17, 15) is 0 Å².